The first-order chi connectivity index (χ1) is 9.24. The van der Waals surface area contributed by atoms with Crippen LogP contribution in [0.3, 0.4) is 0 Å². The maximum Gasteiger partial charge on any atom is 0.118 e. The van der Waals surface area contributed by atoms with E-state index < -0.39 is 0 Å². The van der Waals surface area contributed by atoms with Crippen LogP contribution >= 0.6 is 15.9 Å². The number of rotatable bonds is 5. The molecule has 0 aromatic heterocycles. The molecule has 0 spiro atoms. The van der Waals surface area contributed by atoms with Crippen molar-refractivity contribution in [3.8, 4) is 5.75 Å². The zero-order chi connectivity index (χ0) is 13.7. The molecule has 0 saturated heterocycles. The van der Waals surface area contributed by atoms with E-state index in [1.54, 1.807) is 7.11 Å². The van der Waals surface area contributed by atoms with Gasteiger partial charge in [0.1, 0.15) is 5.75 Å². The molecule has 1 atom stereocenters. The Morgan fingerprint density at radius 3 is 2.42 bits per heavy atom. The second-order valence-electron chi connectivity index (χ2n) is 4.32. The Bertz CT molecular complexity index is 525. The molecule has 0 bridgehead atoms. The van der Waals surface area contributed by atoms with Gasteiger partial charge in [0.05, 0.1) is 13.2 Å². The van der Waals surface area contributed by atoms with Crippen LogP contribution in [0, 0.1) is 0 Å². The smallest absolute Gasteiger partial charge is 0.118 e. The Labute approximate surface area is 122 Å². The first kappa shape index (κ1) is 14.1. The van der Waals surface area contributed by atoms with Gasteiger partial charge in [0.25, 0.3) is 0 Å². The zero-order valence-electron chi connectivity index (χ0n) is 11.2. The predicted octanol–water partition coefficient (Wildman–Crippen LogP) is 4.16. The molecule has 3 heteroatoms. The molecule has 100 valence electrons. The number of halogens is 1. The summed E-state index contributed by atoms with van der Waals surface area (Å²) in [6.45, 7) is 3.04. The molecule has 1 N–H and O–H groups in total. The largest absolute Gasteiger partial charge is 0.497 e. The van der Waals surface area contributed by atoms with Gasteiger partial charge in [0.2, 0.25) is 0 Å². The van der Waals surface area contributed by atoms with Gasteiger partial charge in [0.15, 0.2) is 0 Å². The zero-order valence-corrected chi connectivity index (χ0v) is 12.8. The quantitative estimate of drug-likeness (QED) is 0.893. The minimum Gasteiger partial charge on any atom is -0.497 e. The Balaban J connectivity index is 2.33. The van der Waals surface area contributed by atoms with E-state index in [0.717, 1.165) is 16.8 Å². The summed E-state index contributed by atoms with van der Waals surface area (Å²) in [5.74, 6) is 0.883. The third-order valence-electron chi connectivity index (χ3n) is 3.04. The molecule has 0 fully saturated rings. The molecular formula is C16H18BrNO. The van der Waals surface area contributed by atoms with Gasteiger partial charge in [-0.15, -0.1) is 0 Å². The predicted molar refractivity (Wildman–Crippen MR) is 82.7 cm³/mol. The van der Waals surface area contributed by atoms with Crippen LogP contribution < -0.4 is 10.1 Å². The van der Waals surface area contributed by atoms with Crippen molar-refractivity contribution in [2.45, 2.75) is 13.0 Å². The molecule has 0 amide bonds. The summed E-state index contributed by atoms with van der Waals surface area (Å²) in [4.78, 5) is 0. The van der Waals surface area contributed by atoms with Gasteiger partial charge >= 0.3 is 0 Å². The fourth-order valence-electron chi connectivity index (χ4n) is 2.11. The number of hydrogen-bond acceptors (Lipinski definition) is 2. The highest BCUT2D eigenvalue weighted by Crippen LogP contribution is 2.26. The van der Waals surface area contributed by atoms with E-state index in [4.69, 9.17) is 4.74 Å². The molecule has 0 aliphatic carbocycles. The molecule has 19 heavy (non-hydrogen) atoms. The Hall–Kier alpha value is -1.32. The second-order valence-corrected chi connectivity index (χ2v) is 5.23. The van der Waals surface area contributed by atoms with Gasteiger partial charge in [-0.2, -0.15) is 0 Å². The topological polar surface area (TPSA) is 21.3 Å². The van der Waals surface area contributed by atoms with Gasteiger partial charge in [-0.1, -0.05) is 47.1 Å². The van der Waals surface area contributed by atoms with E-state index in [0.29, 0.717) is 0 Å². The maximum absolute atomic E-state index is 5.21. The lowest BCUT2D eigenvalue weighted by molar-refractivity contribution is 0.414. The molecule has 2 nitrogen and oxygen atoms in total. The number of benzene rings is 2. The van der Waals surface area contributed by atoms with Gasteiger partial charge in [-0.3, -0.25) is 0 Å². The van der Waals surface area contributed by atoms with E-state index >= 15 is 0 Å². The molecule has 2 rings (SSSR count). The highest BCUT2D eigenvalue weighted by Gasteiger charge is 2.13. The summed E-state index contributed by atoms with van der Waals surface area (Å²) in [7, 11) is 1.69. The average Bonchev–Trinajstić information content (AvgIpc) is 2.45. The monoisotopic (exact) mass is 319 g/mol. The van der Waals surface area contributed by atoms with E-state index in [1.807, 2.05) is 18.2 Å². The normalized spacial score (nSPS) is 12.2. The number of hydrogen-bond donors (Lipinski definition) is 1. The first-order valence-electron chi connectivity index (χ1n) is 6.37. The van der Waals surface area contributed by atoms with Gasteiger partial charge in [-0.25, -0.2) is 0 Å². The van der Waals surface area contributed by atoms with Crippen molar-refractivity contribution in [3.63, 3.8) is 0 Å². The minimum atomic E-state index is 0.202. The third kappa shape index (κ3) is 3.58. The highest BCUT2D eigenvalue weighted by molar-refractivity contribution is 9.10. The fraction of sp³-hybridized carbons (Fsp3) is 0.250. The van der Waals surface area contributed by atoms with Crippen LogP contribution in [0.4, 0.5) is 0 Å². The third-order valence-corrected chi connectivity index (χ3v) is 3.53. The van der Waals surface area contributed by atoms with E-state index in [2.05, 4.69) is 58.5 Å². The molecule has 0 aliphatic rings. The molecule has 2 aromatic carbocycles. The van der Waals surface area contributed by atoms with Crippen molar-refractivity contribution in [1.29, 1.82) is 0 Å². The highest BCUT2D eigenvalue weighted by atomic mass is 79.9. The van der Waals surface area contributed by atoms with Crippen LogP contribution in [0.5, 0.6) is 5.75 Å². The van der Waals surface area contributed by atoms with Crippen LogP contribution in [-0.2, 0) is 0 Å². The first-order valence-corrected chi connectivity index (χ1v) is 7.16. The lowest BCUT2D eigenvalue weighted by atomic mass is 9.98. The summed E-state index contributed by atoms with van der Waals surface area (Å²) in [5, 5.41) is 3.52. The number of ether oxygens (including phenoxy) is 1. The molecular weight excluding hydrogens is 302 g/mol. The summed E-state index contributed by atoms with van der Waals surface area (Å²) in [6, 6.07) is 16.8. The van der Waals surface area contributed by atoms with Gasteiger partial charge in [0, 0.05) is 4.47 Å². The fourth-order valence-corrected chi connectivity index (χ4v) is 2.53. The Morgan fingerprint density at radius 1 is 1.11 bits per heavy atom. The van der Waals surface area contributed by atoms with Crippen molar-refractivity contribution < 1.29 is 4.74 Å². The second kappa shape index (κ2) is 6.73. The van der Waals surface area contributed by atoms with E-state index in [1.165, 1.54) is 11.1 Å². The van der Waals surface area contributed by atoms with E-state index in [-0.39, 0.29) is 6.04 Å². The molecule has 2 aromatic rings. The minimum absolute atomic E-state index is 0.202. The SMILES string of the molecule is CCNC(c1ccc(OC)cc1)c1cccc(Br)c1. The van der Waals surface area contributed by atoms with Crippen LogP contribution in [0.25, 0.3) is 0 Å². The molecule has 0 radical (unpaired) electrons. The van der Waals surface area contributed by atoms with Gasteiger partial charge < -0.3 is 10.1 Å². The number of nitrogens with one attached hydrogen (secondary N) is 1. The van der Waals surface area contributed by atoms with Crippen LogP contribution in [0.1, 0.15) is 24.1 Å². The summed E-state index contributed by atoms with van der Waals surface area (Å²) in [5.41, 5.74) is 2.49. The summed E-state index contributed by atoms with van der Waals surface area (Å²) < 4.78 is 6.30. The summed E-state index contributed by atoms with van der Waals surface area (Å²) >= 11 is 3.53. The van der Waals surface area contributed by atoms with Crippen LogP contribution in [0.15, 0.2) is 53.0 Å². The Kier molecular flexibility index (Phi) is 5.00. The van der Waals surface area contributed by atoms with Crippen LogP contribution in [0.2, 0.25) is 0 Å². The number of methoxy groups -OCH3 is 1. The van der Waals surface area contributed by atoms with Crippen molar-refractivity contribution >= 4 is 15.9 Å². The lowest BCUT2D eigenvalue weighted by Gasteiger charge is -2.19. The standard InChI is InChI=1S/C16H18BrNO/c1-3-18-16(13-5-4-6-14(17)11-13)12-7-9-15(19-2)10-8-12/h4-11,16,18H,3H2,1-2H3. The molecule has 0 saturated carbocycles. The van der Waals surface area contributed by atoms with Crippen molar-refractivity contribution in [2.24, 2.45) is 0 Å². The Morgan fingerprint density at radius 2 is 1.84 bits per heavy atom. The summed E-state index contributed by atoms with van der Waals surface area (Å²) in [6.07, 6.45) is 0. The van der Waals surface area contributed by atoms with Crippen LogP contribution in [-0.4, -0.2) is 13.7 Å². The molecule has 0 aliphatic heterocycles. The maximum atomic E-state index is 5.21. The van der Waals surface area contributed by atoms with Crippen molar-refractivity contribution in [1.82, 2.24) is 5.32 Å². The van der Waals surface area contributed by atoms with Crippen molar-refractivity contribution in [3.05, 3.63) is 64.1 Å². The van der Waals surface area contributed by atoms with Crippen molar-refractivity contribution in [2.75, 3.05) is 13.7 Å². The average molecular weight is 320 g/mol. The molecule has 0 heterocycles. The molecule has 1 unspecified atom stereocenters. The lowest BCUT2D eigenvalue weighted by Crippen LogP contribution is -2.21. The van der Waals surface area contributed by atoms with Gasteiger partial charge in [-0.05, 0) is 41.9 Å². The van der Waals surface area contributed by atoms with E-state index in [9.17, 15) is 0 Å².